The highest BCUT2D eigenvalue weighted by atomic mass is 14.9. The van der Waals surface area contributed by atoms with Gasteiger partial charge in [0.2, 0.25) is 0 Å². The number of nitrogens with one attached hydrogen (secondary N) is 1. The van der Waals surface area contributed by atoms with Gasteiger partial charge in [-0.2, -0.15) is 0 Å². The zero-order valence-corrected chi connectivity index (χ0v) is 9.03. The van der Waals surface area contributed by atoms with E-state index in [1.807, 2.05) is 6.07 Å². The van der Waals surface area contributed by atoms with Crippen molar-refractivity contribution in [2.75, 3.05) is 6.54 Å². The third kappa shape index (κ3) is 4.33. The molecule has 1 rings (SSSR count). The molecule has 0 aliphatic carbocycles. The fourth-order valence-corrected chi connectivity index (χ4v) is 1.32. The van der Waals surface area contributed by atoms with Crippen LogP contribution in [0.4, 0.5) is 0 Å². The molecule has 0 saturated heterocycles. The summed E-state index contributed by atoms with van der Waals surface area (Å²) in [7, 11) is 0. The van der Waals surface area contributed by atoms with Crippen LogP contribution >= 0.6 is 0 Å². The predicted octanol–water partition coefficient (Wildman–Crippen LogP) is 1.80. The Morgan fingerprint density at radius 3 is 3.00 bits per heavy atom. The zero-order chi connectivity index (χ0) is 10.2. The Morgan fingerprint density at radius 2 is 2.36 bits per heavy atom. The average Bonchev–Trinajstić information content (AvgIpc) is 2.25. The molecule has 0 bridgehead atoms. The third-order valence-electron chi connectivity index (χ3n) is 2.22. The van der Waals surface area contributed by atoms with Crippen LogP contribution in [-0.4, -0.2) is 22.6 Å². The van der Waals surface area contributed by atoms with Crippen molar-refractivity contribution in [3.63, 3.8) is 0 Å². The maximum absolute atomic E-state index is 4.19. The topological polar surface area (TPSA) is 37.8 Å². The molecule has 78 valence electrons. The Labute approximate surface area is 86.0 Å². The van der Waals surface area contributed by atoms with Crippen molar-refractivity contribution in [1.29, 1.82) is 0 Å². The minimum atomic E-state index is 0.574. The van der Waals surface area contributed by atoms with E-state index in [4.69, 9.17) is 0 Å². The molecule has 0 amide bonds. The Bertz CT molecular complexity index is 236. The van der Waals surface area contributed by atoms with Crippen LogP contribution < -0.4 is 5.32 Å². The van der Waals surface area contributed by atoms with Crippen LogP contribution in [0.25, 0.3) is 0 Å². The molecule has 0 fully saturated rings. The molecule has 1 aromatic rings. The first kappa shape index (κ1) is 11.1. The van der Waals surface area contributed by atoms with Crippen molar-refractivity contribution >= 4 is 0 Å². The van der Waals surface area contributed by atoms with Gasteiger partial charge in [-0.05, 0) is 38.8 Å². The standard InChI is InChI=1S/C11H19N3/c1-3-7-13-10(2)4-5-11-6-8-12-9-14-11/h6,8-10,13H,3-5,7H2,1-2H3. The highest BCUT2D eigenvalue weighted by molar-refractivity contribution is 4.97. The van der Waals surface area contributed by atoms with Crippen molar-refractivity contribution in [3.05, 3.63) is 24.3 Å². The first-order chi connectivity index (χ1) is 6.83. The van der Waals surface area contributed by atoms with Crippen LogP contribution in [0, 0.1) is 0 Å². The van der Waals surface area contributed by atoms with Gasteiger partial charge in [-0.3, -0.25) is 0 Å². The number of hydrogen-bond donors (Lipinski definition) is 1. The summed E-state index contributed by atoms with van der Waals surface area (Å²) < 4.78 is 0. The summed E-state index contributed by atoms with van der Waals surface area (Å²) >= 11 is 0. The van der Waals surface area contributed by atoms with E-state index in [1.54, 1.807) is 12.5 Å². The predicted molar refractivity (Wildman–Crippen MR) is 58.1 cm³/mol. The van der Waals surface area contributed by atoms with Crippen LogP contribution in [0.1, 0.15) is 32.4 Å². The van der Waals surface area contributed by atoms with Gasteiger partial charge < -0.3 is 5.32 Å². The van der Waals surface area contributed by atoms with Crippen molar-refractivity contribution < 1.29 is 0 Å². The molecule has 1 aromatic heterocycles. The molecule has 0 radical (unpaired) electrons. The molecule has 14 heavy (non-hydrogen) atoms. The quantitative estimate of drug-likeness (QED) is 0.748. The van der Waals surface area contributed by atoms with E-state index in [0.29, 0.717) is 6.04 Å². The van der Waals surface area contributed by atoms with E-state index in [0.717, 1.165) is 25.1 Å². The molecule has 1 atom stereocenters. The highest BCUT2D eigenvalue weighted by Crippen LogP contribution is 2.00. The second-order valence-corrected chi connectivity index (χ2v) is 3.59. The van der Waals surface area contributed by atoms with Gasteiger partial charge in [-0.1, -0.05) is 6.92 Å². The highest BCUT2D eigenvalue weighted by Gasteiger charge is 2.01. The van der Waals surface area contributed by atoms with Gasteiger partial charge in [0.05, 0.1) is 0 Å². The van der Waals surface area contributed by atoms with Gasteiger partial charge in [0.25, 0.3) is 0 Å². The monoisotopic (exact) mass is 193 g/mol. The van der Waals surface area contributed by atoms with Gasteiger partial charge in [0.1, 0.15) is 6.33 Å². The summed E-state index contributed by atoms with van der Waals surface area (Å²) in [4.78, 5) is 8.09. The van der Waals surface area contributed by atoms with Gasteiger partial charge in [0, 0.05) is 17.9 Å². The Balaban J connectivity index is 2.20. The van der Waals surface area contributed by atoms with Gasteiger partial charge in [-0.25, -0.2) is 9.97 Å². The van der Waals surface area contributed by atoms with Gasteiger partial charge in [0.15, 0.2) is 0 Å². The van der Waals surface area contributed by atoms with Crippen LogP contribution in [-0.2, 0) is 6.42 Å². The summed E-state index contributed by atoms with van der Waals surface area (Å²) in [5.41, 5.74) is 1.13. The zero-order valence-electron chi connectivity index (χ0n) is 9.03. The summed E-state index contributed by atoms with van der Waals surface area (Å²) in [6, 6.07) is 2.55. The van der Waals surface area contributed by atoms with Crippen LogP contribution in [0.2, 0.25) is 0 Å². The van der Waals surface area contributed by atoms with E-state index >= 15 is 0 Å². The minimum Gasteiger partial charge on any atom is -0.314 e. The Hall–Kier alpha value is -0.960. The molecular weight excluding hydrogens is 174 g/mol. The molecule has 0 aromatic carbocycles. The van der Waals surface area contributed by atoms with E-state index in [2.05, 4.69) is 29.1 Å². The first-order valence-electron chi connectivity index (χ1n) is 5.31. The summed E-state index contributed by atoms with van der Waals surface area (Å²) in [5.74, 6) is 0. The van der Waals surface area contributed by atoms with Gasteiger partial charge >= 0.3 is 0 Å². The second-order valence-electron chi connectivity index (χ2n) is 3.59. The average molecular weight is 193 g/mol. The Morgan fingerprint density at radius 1 is 1.50 bits per heavy atom. The maximum Gasteiger partial charge on any atom is 0.115 e. The van der Waals surface area contributed by atoms with E-state index < -0.39 is 0 Å². The summed E-state index contributed by atoms with van der Waals surface area (Å²) in [6.07, 6.45) is 6.77. The molecule has 0 aliphatic rings. The fourth-order valence-electron chi connectivity index (χ4n) is 1.32. The molecule has 3 nitrogen and oxygen atoms in total. The lowest BCUT2D eigenvalue weighted by Gasteiger charge is -2.12. The molecule has 0 spiro atoms. The van der Waals surface area contributed by atoms with E-state index in [9.17, 15) is 0 Å². The third-order valence-corrected chi connectivity index (χ3v) is 2.22. The normalized spacial score (nSPS) is 12.7. The molecule has 0 aliphatic heterocycles. The number of aromatic nitrogens is 2. The van der Waals surface area contributed by atoms with Crippen LogP contribution in [0.15, 0.2) is 18.6 Å². The van der Waals surface area contributed by atoms with Crippen molar-refractivity contribution in [2.24, 2.45) is 0 Å². The maximum atomic E-state index is 4.19. The lowest BCUT2D eigenvalue weighted by atomic mass is 10.1. The van der Waals surface area contributed by atoms with Crippen LogP contribution in [0.5, 0.6) is 0 Å². The lowest BCUT2D eigenvalue weighted by Crippen LogP contribution is -2.27. The number of aryl methyl sites for hydroxylation is 1. The van der Waals surface area contributed by atoms with E-state index in [1.165, 1.54) is 6.42 Å². The SMILES string of the molecule is CCCNC(C)CCc1ccncn1. The van der Waals surface area contributed by atoms with Crippen LogP contribution in [0.3, 0.4) is 0 Å². The first-order valence-corrected chi connectivity index (χ1v) is 5.31. The molecule has 1 N–H and O–H groups in total. The minimum absolute atomic E-state index is 0.574. The fraction of sp³-hybridized carbons (Fsp3) is 0.636. The molecule has 0 saturated carbocycles. The second kappa shape index (κ2) is 6.49. The molecule has 1 heterocycles. The number of rotatable bonds is 6. The van der Waals surface area contributed by atoms with Crippen molar-refractivity contribution in [3.8, 4) is 0 Å². The summed E-state index contributed by atoms with van der Waals surface area (Å²) in [6.45, 7) is 5.51. The van der Waals surface area contributed by atoms with Crippen molar-refractivity contribution in [2.45, 2.75) is 39.2 Å². The lowest BCUT2D eigenvalue weighted by molar-refractivity contribution is 0.511. The number of nitrogens with zero attached hydrogens (tertiary/aromatic N) is 2. The largest absolute Gasteiger partial charge is 0.314 e. The Kier molecular flexibility index (Phi) is 5.15. The van der Waals surface area contributed by atoms with Crippen molar-refractivity contribution in [1.82, 2.24) is 15.3 Å². The molecule has 3 heteroatoms. The summed E-state index contributed by atoms with van der Waals surface area (Å²) in [5, 5.41) is 3.46. The molecule has 1 unspecified atom stereocenters. The van der Waals surface area contributed by atoms with E-state index in [-0.39, 0.29) is 0 Å². The number of hydrogen-bond acceptors (Lipinski definition) is 3. The smallest absolute Gasteiger partial charge is 0.115 e. The van der Waals surface area contributed by atoms with Gasteiger partial charge in [-0.15, -0.1) is 0 Å². The molecular formula is C11H19N3.